The largest absolute Gasteiger partial charge is 0.467 e. The third kappa shape index (κ3) is 4.32. The van der Waals surface area contributed by atoms with Gasteiger partial charge in [-0.25, -0.2) is 0 Å². The maximum Gasteiger partial charge on any atom is 0.190 e. The van der Waals surface area contributed by atoms with Crippen molar-refractivity contribution >= 4 is 17.3 Å². The zero-order chi connectivity index (χ0) is 7.44. The molecule has 0 fully saturated rings. The average Bonchev–Trinajstić information content (AvgIpc) is 1.63. The molecule has 3 nitrogen and oxygen atoms in total. The van der Waals surface area contributed by atoms with Crippen molar-refractivity contribution in [3.8, 4) is 0 Å². The van der Waals surface area contributed by atoms with E-state index in [1.54, 1.807) is 6.92 Å². The minimum Gasteiger partial charge on any atom is -0.467 e. The van der Waals surface area contributed by atoms with E-state index in [2.05, 4.69) is 12.2 Å². The van der Waals surface area contributed by atoms with Gasteiger partial charge in [0.1, 0.15) is 12.3 Å². The predicted molar refractivity (Wildman–Crippen MR) is 39.0 cm³/mol. The smallest absolute Gasteiger partial charge is 0.190 e. The van der Waals surface area contributed by atoms with E-state index < -0.39 is 12.3 Å². The Bertz CT molecular complexity index is 103. The van der Waals surface area contributed by atoms with Crippen LogP contribution in [0, 0.1) is 0 Å². The summed E-state index contributed by atoms with van der Waals surface area (Å²) >= 11 is 4.60. The summed E-state index contributed by atoms with van der Waals surface area (Å²) in [5.74, 6) is 0. The lowest BCUT2D eigenvalue weighted by Crippen LogP contribution is -2.27. The fourth-order valence-electron chi connectivity index (χ4n) is 0.282. The van der Waals surface area contributed by atoms with E-state index in [0.29, 0.717) is 0 Å². The number of hydrogen-bond donors (Lipinski definition) is 2. The summed E-state index contributed by atoms with van der Waals surface area (Å²) in [5.41, 5.74) is 5.21. The van der Waals surface area contributed by atoms with Crippen LogP contribution in [0.1, 0.15) is 13.8 Å². The number of aliphatic hydroxyl groups is 1. The topological polar surface area (TPSA) is 55.5 Å². The molecule has 0 aliphatic heterocycles. The van der Waals surface area contributed by atoms with Crippen molar-refractivity contribution in [3.05, 3.63) is 0 Å². The molecule has 0 saturated carbocycles. The van der Waals surface area contributed by atoms with Gasteiger partial charge in [-0.1, -0.05) is 0 Å². The highest BCUT2D eigenvalue weighted by atomic mass is 32.1. The molecule has 54 valence electrons. The summed E-state index contributed by atoms with van der Waals surface area (Å²) in [6.07, 6.45) is -1.15. The fourth-order valence-corrected chi connectivity index (χ4v) is 0.433. The summed E-state index contributed by atoms with van der Waals surface area (Å²) in [7, 11) is 0. The van der Waals surface area contributed by atoms with Crippen LogP contribution in [0.15, 0.2) is 0 Å². The van der Waals surface area contributed by atoms with Gasteiger partial charge in [-0.2, -0.15) is 0 Å². The molecule has 3 N–H and O–H groups in total. The van der Waals surface area contributed by atoms with Crippen LogP contribution in [0.2, 0.25) is 0 Å². The first-order valence-corrected chi connectivity index (χ1v) is 3.09. The highest BCUT2D eigenvalue weighted by molar-refractivity contribution is 7.80. The van der Waals surface area contributed by atoms with Gasteiger partial charge in [0.2, 0.25) is 0 Å². The van der Waals surface area contributed by atoms with E-state index in [4.69, 9.17) is 15.6 Å². The van der Waals surface area contributed by atoms with Gasteiger partial charge in [-0.3, -0.25) is 5.73 Å². The molecule has 0 heterocycles. The lowest BCUT2D eigenvalue weighted by molar-refractivity contribution is 0.166. The number of hydrogen-bond acceptors (Lipinski definition) is 4. The van der Waals surface area contributed by atoms with Crippen molar-refractivity contribution in [2.24, 2.45) is 5.73 Å². The van der Waals surface area contributed by atoms with Gasteiger partial charge in [-0.05, 0) is 26.1 Å². The lowest BCUT2D eigenvalue weighted by atomic mass is 10.4. The van der Waals surface area contributed by atoms with Crippen LogP contribution in [-0.4, -0.2) is 22.5 Å². The van der Waals surface area contributed by atoms with Crippen LogP contribution >= 0.6 is 12.2 Å². The molecule has 9 heavy (non-hydrogen) atoms. The maximum atomic E-state index is 8.75. The molecular weight excluding hydrogens is 138 g/mol. The number of ether oxygens (including phenoxy) is 1. The number of aliphatic hydroxyl groups excluding tert-OH is 1. The van der Waals surface area contributed by atoms with Crippen LogP contribution in [0.3, 0.4) is 0 Å². The minimum atomic E-state index is -0.717. The molecule has 0 aliphatic rings. The van der Waals surface area contributed by atoms with E-state index in [0.717, 1.165) is 0 Å². The van der Waals surface area contributed by atoms with Crippen molar-refractivity contribution < 1.29 is 9.84 Å². The molecule has 0 bridgehead atoms. The second-order valence-electron chi connectivity index (χ2n) is 1.82. The van der Waals surface area contributed by atoms with Gasteiger partial charge < -0.3 is 9.84 Å². The first-order valence-electron chi connectivity index (χ1n) is 2.68. The Morgan fingerprint density at radius 2 is 2.11 bits per heavy atom. The molecule has 0 rings (SSSR count). The molecule has 0 spiro atoms. The van der Waals surface area contributed by atoms with Crippen LogP contribution in [0.25, 0.3) is 0 Å². The molecule has 0 amide bonds. The fraction of sp³-hybridized carbons (Fsp3) is 0.800. The molecule has 2 atom stereocenters. The van der Waals surface area contributed by atoms with Gasteiger partial charge >= 0.3 is 0 Å². The Hall–Kier alpha value is -0.190. The number of nitrogens with two attached hydrogens (primary N) is 1. The number of rotatable bonds is 2. The van der Waals surface area contributed by atoms with Gasteiger partial charge in [0.05, 0.1) is 0 Å². The van der Waals surface area contributed by atoms with Crippen molar-refractivity contribution in [1.82, 2.24) is 0 Å². The summed E-state index contributed by atoms with van der Waals surface area (Å²) in [4.78, 5) is 0. The van der Waals surface area contributed by atoms with Gasteiger partial charge in [0, 0.05) is 0 Å². The van der Waals surface area contributed by atoms with Crippen LogP contribution in [0.4, 0.5) is 0 Å². The van der Waals surface area contributed by atoms with E-state index >= 15 is 0 Å². The molecule has 4 heteroatoms. The Kier molecular flexibility index (Phi) is 3.68. The van der Waals surface area contributed by atoms with Crippen molar-refractivity contribution in [1.29, 1.82) is 0 Å². The third-order valence-electron chi connectivity index (χ3n) is 0.643. The van der Waals surface area contributed by atoms with Crippen molar-refractivity contribution in [3.63, 3.8) is 0 Å². The maximum absolute atomic E-state index is 8.75. The monoisotopic (exact) mass is 149 g/mol. The second-order valence-corrected chi connectivity index (χ2v) is 2.22. The van der Waals surface area contributed by atoms with E-state index in [9.17, 15) is 0 Å². The van der Waals surface area contributed by atoms with E-state index in [-0.39, 0.29) is 5.05 Å². The highest BCUT2D eigenvalue weighted by Gasteiger charge is 2.06. The Labute approximate surface area is 59.8 Å². The zero-order valence-corrected chi connectivity index (χ0v) is 6.31. The first kappa shape index (κ1) is 8.81. The molecule has 0 radical (unpaired) electrons. The summed E-state index contributed by atoms with van der Waals surface area (Å²) in [6, 6.07) is 0. The quantitative estimate of drug-likeness (QED) is 0.429. The number of thiocarbonyl (C=S) groups is 1. The van der Waals surface area contributed by atoms with Crippen molar-refractivity contribution in [2.45, 2.75) is 26.2 Å². The molecule has 0 aromatic rings. The first-order chi connectivity index (χ1) is 4.04. The Morgan fingerprint density at radius 1 is 1.67 bits per heavy atom. The molecule has 0 saturated heterocycles. The normalized spacial score (nSPS) is 16.4. The van der Waals surface area contributed by atoms with Gasteiger partial charge in [-0.15, -0.1) is 0 Å². The van der Waals surface area contributed by atoms with Crippen LogP contribution < -0.4 is 5.73 Å². The lowest BCUT2D eigenvalue weighted by Gasteiger charge is -2.11. The molecular formula is C5H11NO2S. The Balaban J connectivity index is 3.51. The average molecular weight is 149 g/mol. The molecule has 0 aromatic heterocycles. The van der Waals surface area contributed by atoms with E-state index in [1.807, 2.05) is 0 Å². The van der Waals surface area contributed by atoms with Crippen LogP contribution in [0.5, 0.6) is 0 Å². The SMILES string of the molecule is CC(N)OC(=S)C(C)O. The molecule has 0 aromatic carbocycles. The highest BCUT2D eigenvalue weighted by Crippen LogP contribution is 1.91. The predicted octanol–water partition coefficient (Wildman–Crippen LogP) is 0.0159. The van der Waals surface area contributed by atoms with Gasteiger partial charge in [0.25, 0.3) is 0 Å². The Morgan fingerprint density at radius 3 is 2.22 bits per heavy atom. The summed E-state index contributed by atoms with van der Waals surface area (Å²) in [6.45, 7) is 3.18. The standard InChI is InChI=1S/C5H11NO2S/c1-3(7)5(9)8-4(2)6/h3-4,7H,6H2,1-2H3. The molecule has 2 unspecified atom stereocenters. The third-order valence-corrected chi connectivity index (χ3v) is 1.08. The zero-order valence-electron chi connectivity index (χ0n) is 5.50. The second kappa shape index (κ2) is 3.76. The summed E-state index contributed by atoms with van der Waals surface area (Å²) in [5, 5.41) is 8.89. The van der Waals surface area contributed by atoms with Crippen LogP contribution in [-0.2, 0) is 4.74 Å². The van der Waals surface area contributed by atoms with Crippen molar-refractivity contribution in [2.75, 3.05) is 0 Å². The minimum absolute atomic E-state index is 0.144. The molecule has 0 aliphatic carbocycles. The van der Waals surface area contributed by atoms with E-state index in [1.165, 1.54) is 6.92 Å². The van der Waals surface area contributed by atoms with Gasteiger partial charge in [0.15, 0.2) is 5.05 Å². The summed E-state index contributed by atoms with van der Waals surface area (Å²) < 4.78 is 4.77.